The van der Waals surface area contributed by atoms with Crippen LogP contribution in [-0.4, -0.2) is 19.3 Å². The van der Waals surface area contributed by atoms with Gasteiger partial charge in [0.15, 0.2) is 0 Å². The topological polar surface area (TPSA) is 30.5 Å². The van der Waals surface area contributed by atoms with Gasteiger partial charge < -0.3 is 14.8 Å². The Labute approximate surface area is 234 Å². The summed E-state index contributed by atoms with van der Waals surface area (Å²) in [5.41, 5.74) is -0.882. The van der Waals surface area contributed by atoms with E-state index in [-0.39, 0.29) is 29.8 Å². The molecule has 222 valence electrons. The summed E-state index contributed by atoms with van der Waals surface area (Å²) in [7, 11) is 0. The van der Waals surface area contributed by atoms with Crippen molar-refractivity contribution in [2.24, 2.45) is 0 Å². The molecule has 0 saturated heterocycles. The first kappa shape index (κ1) is 30.6. The minimum absolute atomic E-state index is 0.0619. The van der Waals surface area contributed by atoms with Crippen molar-refractivity contribution in [3.8, 4) is 11.5 Å². The molecule has 4 aromatic carbocycles. The summed E-state index contributed by atoms with van der Waals surface area (Å²) >= 11 is 0. The molecule has 0 radical (unpaired) electrons. The smallest absolute Gasteiger partial charge is 0.406 e. The molecule has 0 fully saturated rings. The summed E-state index contributed by atoms with van der Waals surface area (Å²) in [5, 5.41) is 3.02. The first-order valence-electron chi connectivity index (χ1n) is 12.3. The molecule has 0 aliphatic rings. The lowest BCUT2D eigenvalue weighted by molar-refractivity contribution is -0.275. The highest BCUT2D eigenvalue weighted by Gasteiger charge is 2.38. The van der Waals surface area contributed by atoms with Crippen LogP contribution in [0.25, 0.3) is 0 Å². The van der Waals surface area contributed by atoms with Crippen molar-refractivity contribution in [1.82, 2.24) is 0 Å². The van der Waals surface area contributed by atoms with Crippen molar-refractivity contribution in [1.29, 1.82) is 0 Å². The highest BCUT2D eigenvalue weighted by atomic mass is 19.4. The maximum Gasteiger partial charge on any atom is 0.573 e. The largest absolute Gasteiger partial charge is 0.573 e. The van der Waals surface area contributed by atoms with Gasteiger partial charge in [0.2, 0.25) is 0 Å². The molecule has 0 amide bonds. The van der Waals surface area contributed by atoms with Crippen LogP contribution in [0.4, 0.5) is 45.2 Å². The summed E-state index contributed by atoms with van der Waals surface area (Å²) in [6.45, 7) is -0.155. The molecule has 0 saturated carbocycles. The Kier molecular flexibility index (Phi) is 8.65. The first-order valence-corrected chi connectivity index (χ1v) is 12.3. The van der Waals surface area contributed by atoms with Crippen LogP contribution in [0.2, 0.25) is 0 Å². The van der Waals surface area contributed by atoms with Crippen LogP contribution >= 0.6 is 0 Å². The molecule has 42 heavy (non-hydrogen) atoms. The van der Waals surface area contributed by atoms with E-state index in [0.29, 0.717) is 5.56 Å². The molecular weight excluding hydrogens is 577 g/mol. The zero-order valence-electron chi connectivity index (χ0n) is 21.4. The van der Waals surface area contributed by atoms with Gasteiger partial charge in [-0.1, -0.05) is 54.6 Å². The summed E-state index contributed by atoms with van der Waals surface area (Å²) in [5.74, 6) is -1.12. The fourth-order valence-corrected chi connectivity index (χ4v) is 4.59. The van der Waals surface area contributed by atoms with Crippen molar-refractivity contribution >= 4 is 5.69 Å². The van der Waals surface area contributed by atoms with E-state index >= 15 is 0 Å². The molecule has 12 heteroatoms. The fourth-order valence-electron chi connectivity index (χ4n) is 4.59. The van der Waals surface area contributed by atoms with Crippen LogP contribution in [0.15, 0.2) is 103 Å². The van der Waals surface area contributed by atoms with Gasteiger partial charge in [-0.3, -0.25) is 0 Å². The number of anilines is 1. The van der Waals surface area contributed by atoms with Gasteiger partial charge in [0.25, 0.3) is 0 Å². The Morgan fingerprint density at radius 3 is 1.48 bits per heavy atom. The van der Waals surface area contributed by atoms with Gasteiger partial charge in [-0.25, -0.2) is 0 Å². The highest BCUT2D eigenvalue weighted by Crippen LogP contribution is 2.40. The number of nitrogens with one attached hydrogen (secondary N) is 1. The second kappa shape index (κ2) is 11.9. The minimum atomic E-state index is -5.01. The summed E-state index contributed by atoms with van der Waals surface area (Å²) in [4.78, 5) is 0. The third-order valence-corrected chi connectivity index (χ3v) is 6.40. The predicted octanol–water partition coefficient (Wildman–Crippen LogP) is 9.14. The second-order valence-electron chi connectivity index (χ2n) is 9.32. The lowest BCUT2D eigenvalue weighted by Gasteiger charge is -2.36. The fraction of sp³-hybridized carbons (Fsp3) is 0.200. The molecule has 0 aromatic heterocycles. The average Bonchev–Trinajstić information content (AvgIpc) is 2.90. The van der Waals surface area contributed by atoms with E-state index in [0.717, 1.165) is 36.4 Å². The second-order valence-corrected chi connectivity index (χ2v) is 9.32. The van der Waals surface area contributed by atoms with E-state index in [4.69, 9.17) is 0 Å². The molecule has 0 spiro atoms. The summed E-state index contributed by atoms with van der Waals surface area (Å²) in [6.07, 6.45) is -14.5. The maximum absolute atomic E-state index is 13.1. The first-order chi connectivity index (χ1) is 19.6. The van der Waals surface area contributed by atoms with Gasteiger partial charge >= 0.3 is 18.9 Å². The number of hydrogen-bond donors (Lipinski definition) is 1. The molecule has 0 atom stereocenters. The molecule has 4 rings (SSSR count). The quantitative estimate of drug-likeness (QED) is 0.195. The maximum atomic E-state index is 13.1. The van der Waals surface area contributed by atoms with Gasteiger partial charge in [0, 0.05) is 17.6 Å². The molecule has 0 aliphatic heterocycles. The van der Waals surface area contributed by atoms with Crippen LogP contribution in [0.5, 0.6) is 11.5 Å². The van der Waals surface area contributed by atoms with E-state index in [2.05, 4.69) is 14.8 Å². The van der Waals surface area contributed by atoms with Gasteiger partial charge in [0.1, 0.15) is 11.5 Å². The van der Waals surface area contributed by atoms with E-state index in [1.165, 1.54) is 36.4 Å². The third kappa shape index (κ3) is 8.11. The number of hydrogen-bond acceptors (Lipinski definition) is 3. The van der Waals surface area contributed by atoms with Crippen molar-refractivity contribution < 1.29 is 49.0 Å². The Bertz CT molecular complexity index is 1410. The Morgan fingerprint density at radius 2 is 1.02 bits per heavy atom. The SMILES string of the molecule is FC(F)(F)Oc1cccc(C(CNc2ccc(C(F)(F)F)cc2)(Cc2ccccc2)c2cccc(OC(F)(F)F)c2)c1. The number of benzene rings is 4. The monoisotopic (exact) mass is 599 g/mol. The van der Waals surface area contributed by atoms with Crippen LogP contribution in [0, 0.1) is 0 Å². The van der Waals surface area contributed by atoms with Gasteiger partial charge in [-0.05, 0) is 71.6 Å². The van der Waals surface area contributed by atoms with Crippen LogP contribution in [0.3, 0.4) is 0 Å². The zero-order valence-corrected chi connectivity index (χ0v) is 21.4. The van der Waals surface area contributed by atoms with Crippen LogP contribution in [0.1, 0.15) is 22.3 Å². The number of halogens is 9. The Hall–Kier alpha value is -4.35. The number of ether oxygens (including phenoxy) is 2. The molecule has 0 aliphatic carbocycles. The molecule has 1 N–H and O–H groups in total. The van der Waals surface area contributed by atoms with Crippen molar-refractivity contribution in [3.05, 3.63) is 125 Å². The molecule has 0 heterocycles. The third-order valence-electron chi connectivity index (χ3n) is 6.40. The minimum Gasteiger partial charge on any atom is -0.406 e. The lowest BCUT2D eigenvalue weighted by Crippen LogP contribution is -2.38. The van der Waals surface area contributed by atoms with Crippen molar-refractivity contribution in [2.75, 3.05) is 11.9 Å². The van der Waals surface area contributed by atoms with Crippen molar-refractivity contribution in [2.45, 2.75) is 30.7 Å². The van der Waals surface area contributed by atoms with Crippen molar-refractivity contribution in [3.63, 3.8) is 0 Å². The van der Waals surface area contributed by atoms with E-state index in [1.807, 2.05) is 0 Å². The Morgan fingerprint density at radius 1 is 0.524 bits per heavy atom. The average molecular weight is 599 g/mol. The van der Waals surface area contributed by atoms with E-state index in [1.54, 1.807) is 30.3 Å². The van der Waals surface area contributed by atoms with Gasteiger partial charge in [-0.15, -0.1) is 26.3 Å². The van der Waals surface area contributed by atoms with Gasteiger partial charge in [0.05, 0.1) is 5.56 Å². The van der Waals surface area contributed by atoms with Gasteiger partial charge in [-0.2, -0.15) is 13.2 Å². The standard InChI is InChI=1S/C30H22F9NO2/c31-28(32,33)21-12-14-24(15-13-21)40-19-27(18-20-6-2-1-3-7-20,22-8-4-10-25(16-22)41-29(34,35)36)23-9-5-11-26(17-23)42-30(37,38)39/h1-17,40H,18-19H2. The summed E-state index contributed by atoms with van der Waals surface area (Å²) < 4.78 is 126. The Balaban J connectivity index is 1.87. The normalized spacial score (nSPS) is 12.6. The summed E-state index contributed by atoms with van der Waals surface area (Å²) in [6, 6.07) is 22.8. The van der Waals surface area contributed by atoms with E-state index < -0.39 is 41.4 Å². The van der Waals surface area contributed by atoms with Crippen LogP contribution < -0.4 is 14.8 Å². The predicted molar refractivity (Wildman–Crippen MR) is 137 cm³/mol. The zero-order chi connectivity index (χ0) is 30.6. The molecule has 4 aromatic rings. The highest BCUT2D eigenvalue weighted by molar-refractivity contribution is 5.52. The molecule has 0 bridgehead atoms. The van der Waals surface area contributed by atoms with E-state index in [9.17, 15) is 39.5 Å². The number of rotatable bonds is 9. The van der Waals surface area contributed by atoms with Crippen LogP contribution in [-0.2, 0) is 18.0 Å². The lowest BCUT2D eigenvalue weighted by atomic mass is 9.70. The molecular formula is C30H22F9NO2. The number of alkyl halides is 9. The molecule has 0 unspecified atom stereocenters. The molecule has 3 nitrogen and oxygen atoms in total.